The van der Waals surface area contributed by atoms with Crippen LogP contribution in [0.25, 0.3) is 11.1 Å². The van der Waals surface area contributed by atoms with Gasteiger partial charge in [0.05, 0.1) is 7.11 Å². The average molecular weight is 234 g/mol. The van der Waals surface area contributed by atoms with Gasteiger partial charge in [0.25, 0.3) is 0 Å². The first-order chi connectivity index (χ1) is 8.11. The number of hydrogen-bond donors (Lipinski definition) is 2. The summed E-state index contributed by atoms with van der Waals surface area (Å²) in [7, 11) is 1.44. The zero-order valence-electron chi connectivity index (χ0n) is 9.14. The molecule has 2 rings (SSSR count). The maximum absolute atomic E-state index is 13.2. The first kappa shape index (κ1) is 11.3. The highest BCUT2D eigenvalue weighted by Gasteiger charge is 2.07. The minimum atomic E-state index is -0.686. The normalized spacial score (nSPS) is 10.2. The lowest BCUT2D eigenvalue weighted by molar-refractivity contribution is 0.373. The standard InChI is InChI=1S/C13H11FO3/c1-17-13-7-9(3-5-12(13)16)8-2-4-11(15)10(14)6-8/h2-7,15-16H,1H3. The van der Waals surface area contributed by atoms with Gasteiger partial charge in [0.2, 0.25) is 0 Å². The van der Waals surface area contributed by atoms with Crippen LogP contribution in [-0.4, -0.2) is 17.3 Å². The molecule has 0 aliphatic heterocycles. The SMILES string of the molecule is COc1cc(-c2ccc(O)c(F)c2)ccc1O. The fourth-order valence-corrected chi connectivity index (χ4v) is 1.54. The second kappa shape index (κ2) is 4.33. The van der Waals surface area contributed by atoms with Gasteiger partial charge in [-0.2, -0.15) is 0 Å². The molecule has 4 heteroatoms. The van der Waals surface area contributed by atoms with Gasteiger partial charge in [-0.1, -0.05) is 12.1 Å². The van der Waals surface area contributed by atoms with Crippen LogP contribution in [0.15, 0.2) is 36.4 Å². The molecule has 2 aromatic rings. The summed E-state index contributed by atoms with van der Waals surface area (Å²) >= 11 is 0. The van der Waals surface area contributed by atoms with Gasteiger partial charge in [0.15, 0.2) is 23.1 Å². The van der Waals surface area contributed by atoms with E-state index in [4.69, 9.17) is 9.84 Å². The van der Waals surface area contributed by atoms with E-state index in [-0.39, 0.29) is 11.5 Å². The van der Waals surface area contributed by atoms with Crippen LogP contribution < -0.4 is 4.74 Å². The molecule has 0 unspecified atom stereocenters. The Bertz CT molecular complexity index is 552. The van der Waals surface area contributed by atoms with Gasteiger partial charge in [-0.3, -0.25) is 0 Å². The van der Waals surface area contributed by atoms with Crippen LogP contribution in [0.4, 0.5) is 4.39 Å². The van der Waals surface area contributed by atoms with Gasteiger partial charge >= 0.3 is 0 Å². The fourth-order valence-electron chi connectivity index (χ4n) is 1.54. The minimum Gasteiger partial charge on any atom is -0.505 e. The van der Waals surface area contributed by atoms with Crippen molar-refractivity contribution in [3.05, 3.63) is 42.2 Å². The summed E-state index contributed by atoms with van der Waals surface area (Å²) in [6.07, 6.45) is 0. The summed E-state index contributed by atoms with van der Waals surface area (Å²) < 4.78 is 18.2. The van der Waals surface area contributed by atoms with Crippen molar-refractivity contribution in [1.29, 1.82) is 0 Å². The van der Waals surface area contributed by atoms with Crippen molar-refractivity contribution in [2.24, 2.45) is 0 Å². The first-order valence-electron chi connectivity index (χ1n) is 4.97. The second-order valence-corrected chi connectivity index (χ2v) is 3.55. The third-order valence-electron chi connectivity index (χ3n) is 2.46. The zero-order chi connectivity index (χ0) is 12.4. The van der Waals surface area contributed by atoms with Crippen LogP contribution in [0.2, 0.25) is 0 Å². The summed E-state index contributed by atoms with van der Waals surface area (Å²) in [4.78, 5) is 0. The van der Waals surface area contributed by atoms with E-state index in [1.165, 1.54) is 25.3 Å². The summed E-state index contributed by atoms with van der Waals surface area (Å²) in [5.41, 5.74) is 1.29. The van der Waals surface area contributed by atoms with Crippen LogP contribution in [0.3, 0.4) is 0 Å². The number of methoxy groups -OCH3 is 1. The smallest absolute Gasteiger partial charge is 0.165 e. The largest absolute Gasteiger partial charge is 0.505 e. The molecule has 0 fully saturated rings. The Morgan fingerprint density at radius 3 is 2.12 bits per heavy atom. The molecular weight excluding hydrogens is 223 g/mol. The highest BCUT2D eigenvalue weighted by atomic mass is 19.1. The molecule has 17 heavy (non-hydrogen) atoms. The molecule has 2 N–H and O–H groups in total. The summed E-state index contributed by atoms with van der Waals surface area (Å²) in [5, 5.41) is 18.5. The van der Waals surface area contributed by atoms with E-state index in [2.05, 4.69) is 0 Å². The summed E-state index contributed by atoms with van der Waals surface area (Å²) in [6.45, 7) is 0. The van der Waals surface area contributed by atoms with Crippen molar-refractivity contribution in [3.63, 3.8) is 0 Å². The molecule has 0 atom stereocenters. The Morgan fingerprint density at radius 2 is 1.53 bits per heavy atom. The van der Waals surface area contributed by atoms with Crippen LogP contribution >= 0.6 is 0 Å². The maximum atomic E-state index is 13.2. The van der Waals surface area contributed by atoms with Crippen molar-refractivity contribution >= 4 is 0 Å². The number of phenols is 2. The van der Waals surface area contributed by atoms with Crippen molar-refractivity contribution in [2.45, 2.75) is 0 Å². The molecule has 0 heterocycles. The molecule has 0 radical (unpaired) electrons. The molecule has 0 spiro atoms. The molecule has 3 nitrogen and oxygen atoms in total. The van der Waals surface area contributed by atoms with Crippen LogP contribution in [0.1, 0.15) is 0 Å². The minimum absolute atomic E-state index is 0.0236. The van der Waals surface area contributed by atoms with Crippen LogP contribution in [0.5, 0.6) is 17.2 Å². The van der Waals surface area contributed by atoms with Gasteiger partial charge < -0.3 is 14.9 Å². The third kappa shape index (κ3) is 2.15. The molecule has 0 amide bonds. The molecule has 0 aliphatic rings. The van der Waals surface area contributed by atoms with Crippen LogP contribution in [0, 0.1) is 5.82 Å². The highest BCUT2D eigenvalue weighted by molar-refractivity contribution is 5.67. The number of benzene rings is 2. The van der Waals surface area contributed by atoms with Gasteiger partial charge in [-0.15, -0.1) is 0 Å². The average Bonchev–Trinajstić information content (AvgIpc) is 2.33. The van der Waals surface area contributed by atoms with E-state index in [1.807, 2.05) is 0 Å². The second-order valence-electron chi connectivity index (χ2n) is 3.55. The molecule has 0 aliphatic carbocycles. The van der Waals surface area contributed by atoms with E-state index in [9.17, 15) is 9.50 Å². The number of ether oxygens (including phenoxy) is 1. The molecule has 88 valence electrons. The predicted octanol–water partition coefficient (Wildman–Crippen LogP) is 2.91. The maximum Gasteiger partial charge on any atom is 0.165 e. The Balaban J connectivity index is 2.49. The number of rotatable bonds is 2. The molecule has 0 aromatic heterocycles. The van der Waals surface area contributed by atoms with Gasteiger partial charge in [-0.05, 0) is 35.4 Å². The first-order valence-corrected chi connectivity index (χ1v) is 4.97. The van der Waals surface area contributed by atoms with E-state index < -0.39 is 5.82 Å². The van der Waals surface area contributed by atoms with Gasteiger partial charge in [-0.25, -0.2) is 4.39 Å². The lowest BCUT2D eigenvalue weighted by Crippen LogP contribution is -1.86. The third-order valence-corrected chi connectivity index (χ3v) is 2.46. The summed E-state index contributed by atoms with van der Waals surface area (Å²) in [5.74, 6) is -0.736. The van der Waals surface area contributed by atoms with Gasteiger partial charge in [0, 0.05) is 0 Å². The Hall–Kier alpha value is -2.23. The lowest BCUT2D eigenvalue weighted by Gasteiger charge is -2.07. The summed E-state index contributed by atoms with van der Waals surface area (Å²) in [6, 6.07) is 8.80. The van der Waals surface area contributed by atoms with Crippen molar-refractivity contribution < 1.29 is 19.3 Å². The predicted molar refractivity (Wildman–Crippen MR) is 61.7 cm³/mol. The fraction of sp³-hybridized carbons (Fsp3) is 0.0769. The van der Waals surface area contributed by atoms with E-state index in [0.717, 1.165) is 0 Å². The monoisotopic (exact) mass is 234 g/mol. The molecular formula is C13H11FO3. The number of aromatic hydroxyl groups is 2. The number of halogens is 1. The molecule has 0 saturated carbocycles. The topological polar surface area (TPSA) is 49.7 Å². The van der Waals surface area contributed by atoms with Crippen molar-refractivity contribution in [2.75, 3.05) is 7.11 Å². The molecule has 2 aromatic carbocycles. The number of phenolic OH excluding ortho intramolecular Hbond substituents is 2. The van der Waals surface area contributed by atoms with Crippen molar-refractivity contribution in [3.8, 4) is 28.4 Å². The quantitative estimate of drug-likeness (QED) is 0.839. The van der Waals surface area contributed by atoms with E-state index in [0.29, 0.717) is 16.9 Å². The highest BCUT2D eigenvalue weighted by Crippen LogP contribution is 2.32. The van der Waals surface area contributed by atoms with E-state index in [1.54, 1.807) is 18.2 Å². The zero-order valence-corrected chi connectivity index (χ0v) is 9.14. The van der Waals surface area contributed by atoms with Gasteiger partial charge in [0.1, 0.15) is 0 Å². The Labute approximate surface area is 97.7 Å². The lowest BCUT2D eigenvalue weighted by atomic mass is 10.0. The molecule has 0 bridgehead atoms. The Kier molecular flexibility index (Phi) is 2.87. The van der Waals surface area contributed by atoms with E-state index >= 15 is 0 Å². The number of hydrogen-bond acceptors (Lipinski definition) is 3. The molecule has 0 saturated heterocycles. The van der Waals surface area contributed by atoms with Crippen LogP contribution in [-0.2, 0) is 0 Å². The van der Waals surface area contributed by atoms with Crippen molar-refractivity contribution in [1.82, 2.24) is 0 Å². The Morgan fingerprint density at radius 1 is 0.941 bits per heavy atom.